The van der Waals surface area contributed by atoms with Gasteiger partial charge in [-0.1, -0.05) is 18.2 Å². The molecule has 0 atom stereocenters. The van der Waals surface area contributed by atoms with Crippen molar-refractivity contribution in [1.82, 2.24) is 14.8 Å². The van der Waals surface area contributed by atoms with Gasteiger partial charge in [0.15, 0.2) is 0 Å². The monoisotopic (exact) mass is 371 g/mol. The number of halogens is 1. The lowest BCUT2D eigenvalue weighted by Gasteiger charge is -2.22. The van der Waals surface area contributed by atoms with Crippen LogP contribution in [-0.2, 0) is 22.4 Å². The van der Waals surface area contributed by atoms with Gasteiger partial charge in [-0.3, -0.25) is 9.59 Å². The maximum absolute atomic E-state index is 13.8. The van der Waals surface area contributed by atoms with E-state index in [0.29, 0.717) is 38.2 Å². The Kier molecular flexibility index (Phi) is 5.94. The largest absolute Gasteiger partial charge is 0.362 e. The molecule has 0 saturated carbocycles. The fraction of sp³-hybridized carbons (Fsp3) is 0.429. The first-order valence-corrected chi connectivity index (χ1v) is 9.38. The molecule has 1 N–H and O–H groups in total. The smallest absolute Gasteiger partial charge is 0.227 e. The molecular weight excluding hydrogens is 345 g/mol. The number of hydrogen-bond acceptors (Lipinski definition) is 2. The molecule has 3 rings (SSSR count). The Bertz CT molecular complexity index is 831. The Morgan fingerprint density at radius 1 is 0.963 bits per heavy atom. The van der Waals surface area contributed by atoms with E-state index >= 15 is 0 Å². The van der Waals surface area contributed by atoms with E-state index in [1.54, 1.807) is 23.1 Å². The lowest BCUT2D eigenvalue weighted by atomic mass is 10.1. The van der Waals surface area contributed by atoms with Gasteiger partial charge in [0.05, 0.1) is 12.8 Å². The summed E-state index contributed by atoms with van der Waals surface area (Å²) >= 11 is 0. The van der Waals surface area contributed by atoms with Crippen LogP contribution in [-0.4, -0.2) is 52.8 Å². The Morgan fingerprint density at radius 3 is 2.11 bits per heavy atom. The lowest BCUT2D eigenvalue weighted by molar-refractivity contribution is -0.132. The summed E-state index contributed by atoms with van der Waals surface area (Å²) in [6, 6.07) is 8.37. The van der Waals surface area contributed by atoms with Crippen LogP contribution < -0.4 is 0 Å². The van der Waals surface area contributed by atoms with E-state index in [0.717, 1.165) is 23.4 Å². The minimum atomic E-state index is -0.352. The molecule has 0 bridgehead atoms. The number of aromatic amines is 1. The van der Waals surface area contributed by atoms with Gasteiger partial charge in [0.1, 0.15) is 5.82 Å². The summed E-state index contributed by atoms with van der Waals surface area (Å²) < 4.78 is 13.8. The van der Waals surface area contributed by atoms with Crippen LogP contribution in [0.3, 0.4) is 0 Å². The summed E-state index contributed by atoms with van der Waals surface area (Å²) in [4.78, 5) is 32.0. The van der Waals surface area contributed by atoms with Crippen LogP contribution in [0.2, 0.25) is 0 Å². The first kappa shape index (κ1) is 19.1. The Morgan fingerprint density at radius 2 is 1.56 bits per heavy atom. The molecule has 2 amide bonds. The van der Waals surface area contributed by atoms with Gasteiger partial charge in [-0.2, -0.15) is 0 Å². The molecule has 0 spiro atoms. The third-order valence-electron chi connectivity index (χ3n) is 5.10. The zero-order chi connectivity index (χ0) is 19.4. The molecule has 1 aromatic carbocycles. The number of H-pyrrole nitrogens is 1. The summed E-state index contributed by atoms with van der Waals surface area (Å²) in [5.41, 5.74) is 3.51. The molecule has 5 nitrogen and oxygen atoms in total. The van der Waals surface area contributed by atoms with Crippen molar-refractivity contribution in [1.29, 1.82) is 0 Å². The molecule has 1 aliphatic rings. The highest BCUT2D eigenvalue weighted by atomic mass is 19.1. The van der Waals surface area contributed by atoms with E-state index in [1.165, 1.54) is 6.07 Å². The fourth-order valence-corrected chi connectivity index (χ4v) is 3.57. The summed E-state index contributed by atoms with van der Waals surface area (Å²) in [6.07, 6.45) is 1.17. The standard InChI is InChI=1S/C21H26FN3O2/c1-15-12-18(16(2)23-15)14-21(27)25-9-5-8-24(10-11-25)20(26)13-17-6-3-4-7-19(17)22/h3-4,6-7,12,23H,5,8-11,13-14H2,1-2H3. The normalized spacial score (nSPS) is 14.9. The minimum absolute atomic E-state index is 0.0580. The first-order chi connectivity index (χ1) is 12.9. The summed E-state index contributed by atoms with van der Waals surface area (Å²) in [5, 5.41) is 0. The second kappa shape index (κ2) is 8.37. The van der Waals surface area contributed by atoms with Crippen LogP contribution in [0.5, 0.6) is 0 Å². The second-order valence-corrected chi connectivity index (χ2v) is 7.16. The van der Waals surface area contributed by atoms with Crippen molar-refractivity contribution < 1.29 is 14.0 Å². The highest BCUT2D eigenvalue weighted by Crippen LogP contribution is 2.14. The van der Waals surface area contributed by atoms with E-state index in [4.69, 9.17) is 0 Å². The van der Waals surface area contributed by atoms with Crippen LogP contribution in [0, 0.1) is 19.7 Å². The molecule has 1 aromatic heterocycles. The maximum Gasteiger partial charge on any atom is 0.227 e. The zero-order valence-corrected chi connectivity index (χ0v) is 15.9. The van der Waals surface area contributed by atoms with Gasteiger partial charge in [-0.25, -0.2) is 4.39 Å². The van der Waals surface area contributed by atoms with E-state index < -0.39 is 0 Å². The molecule has 2 aromatic rings. The third-order valence-corrected chi connectivity index (χ3v) is 5.10. The van der Waals surface area contributed by atoms with Crippen molar-refractivity contribution in [3.8, 4) is 0 Å². The quantitative estimate of drug-likeness (QED) is 0.898. The van der Waals surface area contributed by atoms with Crippen molar-refractivity contribution in [3.05, 3.63) is 58.7 Å². The van der Waals surface area contributed by atoms with E-state index in [9.17, 15) is 14.0 Å². The molecule has 1 saturated heterocycles. The minimum Gasteiger partial charge on any atom is -0.362 e. The molecule has 0 unspecified atom stereocenters. The summed E-state index contributed by atoms with van der Waals surface area (Å²) in [5.74, 6) is -0.360. The average Bonchev–Trinajstić information content (AvgIpc) is 2.83. The molecular formula is C21H26FN3O2. The molecule has 144 valence electrons. The number of nitrogens with one attached hydrogen (secondary N) is 1. The number of carbonyl (C=O) groups excluding carboxylic acids is 2. The number of benzene rings is 1. The molecule has 2 heterocycles. The van der Waals surface area contributed by atoms with Gasteiger partial charge in [0.25, 0.3) is 0 Å². The van der Waals surface area contributed by atoms with Crippen LogP contribution in [0.1, 0.15) is 28.9 Å². The fourth-order valence-electron chi connectivity index (χ4n) is 3.57. The van der Waals surface area contributed by atoms with Crippen molar-refractivity contribution >= 4 is 11.8 Å². The van der Waals surface area contributed by atoms with Gasteiger partial charge in [-0.05, 0) is 43.5 Å². The average molecular weight is 371 g/mol. The summed E-state index contributed by atoms with van der Waals surface area (Å²) in [7, 11) is 0. The van der Waals surface area contributed by atoms with Gasteiger partial charge in [0, 0.05) is 37.6 Å². The van der Waals surface area contributed by atoms with Crippen LogP contribution in [0.4, 0.5) is 4.39 Å². The number of aryl methyl sites for hydroxylation is 2. The van der Waals surface area contributed by atoms with Crippen molar-refractivity contribution in [2.45, 2.75) is 33.1 Å². The SMILES string of the molecule is Cc1cc(CC(=O)N2CCCN(C(=O)Cc3ccccc3F)CC2)c(C)[nH]1. The molecule has 27 heavy (non-hydrogen) atoms. The van der Waals surface area contributed by atoms with E-state index in [-0.39, 0.29) is 24.1 Å². The number of nitrogens with zero attached hydrogens (tertiary/aromatic N) is 2. The molecule has 0 radical (unpaired) electrons. The van der Waals surface area contributed by atoms with Crippen molar-refractivity contribution in [3.63, 3.8) is 0 Å². The number of amides is 2. The topological polar surface area (TPSA) is 56.4 Å². The van der Waals surface area contributed by atoms with Crippen LogP contribution in [0.25, 0.3) is 0 Å². The Balaban J connectivity index is 1.56. The predicted molar refractivity (Wildman–Crippen MR) is 102 cm³/mol. The van der Waals surface area contributed by atoms with Gasteiger partial charge in [0.2, 0.25) is 11.8 Å². The Hall–Kier alpha value is -2.63. The third kappa shape index (κ3) is 4.76. The number of carbonyl (C=O) groups is 2. The highest BCUT2D eigenvalue weighted by Gasteiger charge is 2.23. The van der Waals surface area contributed by atoms with Gasteiger partial charge in [-0.15, -0.1) is 0 Å². The molecule has 1 fully saturated rings. The lowest BCUT2D eigenvalue weighted by Crippen LogP contribution is -2.38. The van der Waals surface area contributed by atoms with E-state index in [2.05, 4.69) is 4.98 Å². The van der Waals surface area contributed by atoms with Crippen LogP contribution in [0.15, 0.2) is 30.3 Å². The van der Waals surface area contributed by atoms with Gasteiger partial charge >= 0.3 is 0 Å². The van der Waals surface area contributed by atoms with Crippen molar-refractivity contribution in [2.75, 3.05) is 26.2 Å². The number of hydrogen-bond donors (Lipinski definition) is 1. The summed E-state index contributed by atoms with van der Waals surface area (Å²) in [6.45, 7) is 6.20. The molecule has 0 aliphatic carbocycles. The number of rotatable bonds is 4. The highest BCUT2D eigenvalue weighted by molar-refractivity contribution is 5.80. The Labute approximate surface area is 159 Å². The van der Waals surface area contributed by atoms with E-state index in [1.807, 2.05) is 24.8 Å². The zero-order valence-electron chi connectivity index (χ0n) is 15.9. The van der Waals surface area contributed by atoms with Crippen LogP contribution >= 0.6 is 0 Å². The first-order valence-electron chi connectivity index (χ1n) is 9.38. The maximum atomic E-state index is 13.8. The molecule has 1 aliphatic heterocycles. The molecule has 6 heteroatoms. The van der Waals surface area contributed by atoms with Gasteiger partial charge < -0.3 is 14.8 Å². The second-order valence-electron chi connectivity index (χ2n) is 7.16. The predicted octanol–water partition coefficient (Wildman–Crippen LogP) is 2.62. The number of aromatic nitrogens is 1. The van der Waals surface area contributed by atoms with Crippen molar-refractivity contribution in [2.24, 2.45) is 0 Å².